The predicted molar refractivity (Wildman–Crippen MR) is 71.1 cm³/mol. The second-order valence-electron chi connectivity index (χ2n) is 4.17. The van der Waals surface area contributed by atoms with E-state index in [0.29, 0.717) is 11.3 Å². The molecule has 98 valence electrons. The molecule has 0 heterocycles. The Morgan fingerprint density at radius 2 is 1.79 bits per heavy atom. The fraction of sp³-hybridized carbons (Fsp3) is 0.133. The van der Waals surface area contributed by atoms with Gasteiger partial charge in [0.05, 0.1) is 13.0 Å². The Balaban J connectivity index is 2.03. The van der Waals surface area contributed by atoms with Crippen molar-refractivity contribution in [3.63, 3.8) is 0 Å². The quantitative estimate of drug-likeness (QED) is 0.886. The van der Waals surface area contributed by atoms with Gasteiger partial charge in [0.25, 0.3) is 0 Å². The maximum Gasteiger partial charge on any atom is 0.228 e. The molecule has 2 aromatic carbocycles. The Labute approximate surface area is 110 Å². The van der Waals surface area contributed by atoms with E-state index in [1.165, 1.54) is 12.1 Å². The van der Waals surface area contributed by atoms with Crippen LogP contribution in [0.25, 0.3) is 0 Å². The first-order valence-corrected chi connectivity index (χ1v) is 5.92. The van der Waals surface area contributed by atoms with Crippen molar-refractivity contribution < 1.29 is 14.3 Å². The first-order chi connectivity index (χ1) is 9.19. The number of carbonyl (C=O) groups is 1. The van der Waals surface area contributed by atoms with Crippen LogP contribution in [-0.2, 0) is 17.8 Å². The summed E-state index contributed by atoms with van der Waals surface area (Å²) in [5, 5.41) is 11.9. The summed E-state index contributed by atoms with van der Waals surface area (Å²) in [6.45, 7) is -0.132. The summed E-state index contributed by atoms with van der Waals surface area (Å²) in [4.78, 5) is 11.8. The molecule has 0 aliphatic carbocycles. The molecule has 2 rings (SSSR count). The van der Waals surface area contributed by atoms with Gasteiger partial charge in [-0.05, 0) is 23.8 Å². The van der Waals surface area contributed by atoms with Crippen LogP contribution in [0.1, 0.15) is 11.1 Å². The molecule has 0 radical (unpaired) electrons. The van der Waals surface area contributed by atoms with Gasteiger partial charge in [0.2, 0.25) is 5.91 Å². The lowest BCUT2D eigenvalue weighted by molar-refractivity contribution is -0.115. The van der Waals surface area contributed by atoms with E-state index in [4.69, 9.17) is 5.11 Å². The number of anilines is 1. The molecule has 0 unspecified atom stereocenters. The van der Waals surface area contributed by atoms with Crippen LogP contribution >= 0.6 is 0 Å². The van der Waals surface area contributed by atoms with Gasteiger partial charge in [-0.1, -0.05) is 30.3 Å². The van der Waals surface area contributed by atoms with E-state index < -0.39 is 0 Å². The van der Waals surface area contributed by atoms with Crippen LogP contribution in [0.3, 0.4) is 0 Å². The molecule has 1 amide bonds. The molecule has 0 aliphatic rings. The lowest BCUT2D eigenvalue weighted by atomic mass is 10.1. The van der Waals surface area contributed by atoms with Crippen LogP contribution < -0.4 is 5.32 Å². The fourth-order valence-corrected chi connectivity index (χ4v) is 1.76. The molecular weight excluding hydrogens is 245 g/mol. The lowest BCUT2D eigenvalue weighted by Gasteiger charge is -2.09. The molecule has 0 saturated heterocycles. The molecule has 0 aliphatic heterocycles. The zero-order valence-corrected chi connectivity index (χ0v) is 10.3. The highest BCUT2D eigenvalue weighted by Gasteiger charge is 2.07. The number of benzene rings is 2. The molecule has 0 fully saturated rings. The topological polar surface area (TPSA) is 49.3 Å². The van der Waals surface area contributed by atoms with Gasteiger partial charge in [0.1, 0.15) is 5.82 Å². The van der Waals surface area contributed by atoms with Gasteiger partial charge in [0, 0.05) is 11.3 Å². The van der Waals surface area contributed by atoms with Crippen molar-refractivity contribution in [1.29, 1.82) is 0 Å². The number of nitrogens with one attached hydrogen (secondary N) is 1. The molecule has 4 heteroatoms. The van der Waals surface area contributed by atoms with Crippen molar-refractivity contribution in [1.82, 2.24) is 0 Å². The third-order valence-electron chi connectivity index (χ3n) is 2.74. The van der Waals surface area contributed by atoms with E-state index in [9.17, 15) is 9.18 Å². The second kappa shape index (κ2) is 6.11. The number of halogens is 1. The number of aliphatic hydroxyl groups excluding tert-OH is 1. The first kappa shape index (κ1) is 13.2. The minimum atomic E-state index is -0.324. The Morgan fingerprint density at radius 1 is 1.11 bits per heavy atom. The van der Waals surface area contributed by atoms with Crippen LogP contribution in [0, 0.1) is 5.82 Å². The van der Waals surface area contributed by atoms with Crippen LogP contribution in [0.4, 0.5) is 10.1 Å². The normalized spacial score (nSPS) is 10.2. The summed E-state index contributed by atoms with van der Waals surface area (Å²) in [6, 6.07) is 12.9. The van der Waals surface area contributed by atoms with E-state index in [0.717, 1.165) is 5.56 Å². The summed E-state index contributed by atoms with van der Waals surface area (Å²) < 4.78 is 12.7. The van der Waals surface area contributed by atoms with Crippen LogP contribution in [-0.4, -0.2) is 11.0 Å². The van der Waals surface area contributed by atoms with Gasteiger partial charge in [-0.25, -0.2) is 4.39 Å². The van der Waals surface area contributed by atoms with Gasteiger partial charge in [-0.3, -0.25) is 4.79 Å². The summed E-state index contributed by atoms with van der Waals surface area (Å²) in [7, 11) is 0. The van der Waals surface area contributed by atoms with Gasteiger partial charge < -0.3 is 10.4 Å². The lowest BCUT2D eigenvalue weighted by Crippen LogP contribution is -2.15. The average Bonchev–Trinajstić information content (AvgIpc) is 2.42. The number of amides is 1. The molecule has 0 spiro atoms. The Kier molecular flexibility index (Phi) is 4.26. The van der Waals surface area contributed by atoms with Gasteiger partial charge in [-0.15, -0.1) is 0 Å². The molecule has 2 N–H and O–H groups in total. The van der Waals surface area contributed by atoms with Crippen molar-refractivity contribution in [2.75, 3.05) is 5.32 Å². The molecule has 0 bridgehead atoms. The minimum absolute atomic E-state index is 0.132. The zero-order valence-electron chi connectivity index (χ0n) is 10.3. The van der Waals surface area contributed by atoms with Gasteiger partial charge >= 0.3 is 0 Å². The second-order valence-corrected chi connectivity index (χ2v) is 4.17. The Morgan fingerprint density at radius 3 is 2.47 bits per heavy atom. The number of hydrogen-bond acceptors (Lipinski definition) is 2. The fourth-order valence-electron chi connectivity index (χ4n) is 1.76. The van der Waals surface area contributed by atoms with E-state index in [1.807, 2.05) is 0 Å². The smallest absolute Gasteiger partial charge is 0.228 e. The minimum Gasteiger partial charge on any atom is -0.392 e. The first-order valence-electron chi connectivity index (χ1n) is 5.92. The maximum atomic E-state index is 12.7. The predicted octanol–water partition coefficient (Wildman–Crippen LogP) is 2.50. The van der Waals surface area contributed by atoms with Crippen molar-refractivity contribution in [3.05, 3.63) is 65.5 Å². The largest absolute Gasteiger partial charge is 0.392 e. The highest BCUT2D eigenvalue weighted by molar-refractivity contribution is 5.92. The Hall–Kier alpha value is -2.20. The third-order valence-corrected chi connectivity index (χ3v) is 2.74. The summed E-state index contributed by atoms with van der Waals surface area (Å²) in [6.07, 6.45) is 0.167. The molecule has 3 nitrogen and oxygen atoms in total. The molecule has 0 atom stereocenters. The monoisotopic (exact) mass is 259 g/mol. The molecule has 2 aromatic rings. The summed E-state index contributed by atoms with van der Waals surface area (Å²) in [5.41, 5.74) is 1.99. The number of hydrogen-bond donors (Lipinski definition) is 2. The molecule has 0 aromatic heterocycles. The highest BCUT2D eigenvalue weighted by Crippen LogP contribution is 2.15. The van der Waals surface area contributed by atoms with Crippen LogP contribution in [0.2, 0.25) is 0 Å². The number of rotatable bonds is 4. The van der Waals surface area contributed by atoms with Crippen molar-refractivity contribution >= 4 is 11.6 Å². The van der Waals surface area contributed by atoms with Gasteiger partial charge in [0.15, 0.2) is 0 Å². The van der Waals surface area contributed by atoms with E-state index in [-0.39, 0.29) is 24.8 Å². The SMILES string of the molecule is O=C(Cc1ccc(F)cc1)Nc1ccccc1CO. The van der Waals surface area contributed by atoms with E-state index in [2.05, 4.69) is 5.32 Å². The number of para-hydroxylation sites is 1. The maximum absolute atomic E-state index is 12.7. The van der Waals surface area contributed by atoms with Crippen molar-refractivity contribution in [3.8, 4) is 0 Å². The molecule has 0 saturated carbocycles. The van der Waals surface area contributed by atoms with Crippen LogP contribution in [0.5, 0.6) is 0 Å². The van der Waals surface area contributed by atoms with E-state index in [1.54, 1.807) is 36.4 Å². The summed E-state index contributed by atoms with van der Waals surface area (Å²) in [5.74, 6) is -0.526. The molecule has 19 heavy (non-hydrogen) atoms. The number of aliphatic hydroxyl groups is 1. The van der Waals surface area contributed by atoms with Crippen molar-refractivity contribution in [2.45, 2.75) is 13.0 Å². The van der Waals surface area contributed by atoms with E-state index >= 15 is 0 Å². The standard InChI is InChI=1S/C15H14FNO2/c16-13-7-5-11(6-8-13)9-15(19)17-14-4-2-1-3-12(14)10-18/h1-8,18H,9-10H2,(H,17,19). The summed E-state index contributed by atoms with van der Waals surface area (Å²) >= 11 is 0. The molecular formula is C15H14FNO2. The van der Waals surface area contributed by atoms with Gasteiger partial charge in [-0.2, -0.15) is 0 Å². The average molecular weight is 259 g/mol. The van der Waals surface area contributed by atoms with Crippen LogP contribution in [0.15, 0.2) is 48.5 Å². The van der Waals surface area contributed by atoms with Crippen molar-refractivity contribution in [2.24, 2.45) is 0 Å². The Bertz CT molecular complexity index is 567. The zero-order chi connectivity index (χ0) is 13.7. The third kappa shape index (κ3) is 3.63. The highest BCUT2D eigenvalue weighted by atomic mass is 19.1. The number of carbonyl (C=O) groups excluding carboxylic acids is 1.